The van der Waals surface area contributed by atoms with E-state index < -0.39 is 0 Å². The fourth-order valence-electron chi connectivity index (χ4n) is 2.89. The average Bonchev–Trinajstić information content (AvgIpc) is 2.89. The predicted octanol–water partition coefficient (Wildman–Crippen LogP) is 5.73. The lowest BCUT2D eigenvalue weighted by Crippen LogP contribution is -2.12. The number of hydrogen-bond acceptors (Lipinski definition) is 4. The predicted molar refractivity (Wildman–Crippen MR) is 117 cm³/mol. The summed E-state index contributed by atoms with van der Waals surface area (Å²) in [6, 6.07) is 15.8. The van der Waals surface area contributed by atoms with Gasteiger partial charge in [-0.15, -0.1) is 11.3 Å². The maximum atomic E-state index is 12.7. The highest BCUT2D eigenvalue weighted by Gasteiger charge is 2.15. The summed E-state index contributed by atoms with van der Waals surface area (Å²) in [6.45, 7) is 1.97. The number of ether oxygens (including phenoxy) is 1. The van der Waals surface area contributed by atoms with E-state index in [2.05, 4.69) is 38.4 Å². The molecule has 1 N–H and O–H groups in total. The lowest BCUT2D eigenvalue weighted by molar-refractivity contribution is -0.112. The molecule has 0 saturated heterocycles. The van der Waals surface area contributed by atoms with Gasteiger partial charge in [0, 0.05) is 26.9 Å². The molecule has 0 aliphatic carbocycles. The molecule has 1 aliphatic heterocycles. The van der Waals surface area contributed by atoms with E-state index in [0.29, 0.717) is 10.7 Å². The molecule has 2 heterocycles. The fourth-order valence-corrected chi connectivity index (χ4v) is 4.33. The third kappa shape index (κ3) is 4.24. The van der Waals surface area contributed by atoms with Crippen molar-refractivity contribution in [3.63, 3.8) is 0 Å². The molecular weight excluding hydrogens is 436 g/mol. The number of nitrogens with one attached hydrogen (secondary N) is 1. The topological polar surface area (TPSA) is 51.2 Å². The second kappa shape index (κ2) is 8.12. The van der Waals surface area contributed by atoms with Gasteiger partial charge in [0.05, 0.1) is 12.0 Å². The number of fused-ring (bicyclic) bond motifs is 1. The number of hydrogen-bond donors (Lipinski definition) is 1. The van der Waals surface area contributed by atoms with Gasteiger partial charge in [0.1, 0.15) is 5.75 Å². The number of rotatable bonds is 4. The van der Waals surface area contributed by atoms with E-state index in [1.165, 1.54) is 23.2 Å². The zero-order valence-electron chi connectivity index (χ0n) is 15.1. The van der Waals surface area contributed by atoms with Crippen molar-refractivity contribution in [2.75, 3.05) is 5.32 Å². The first kappa shape index (κ1) is 18.7. The Morgan fingerprint density at radius 1 is 1.21 bits per heavy atom. The normalized spacial score (nSPS) is 12.6. The summed E-state index contributed by atoms with van der Waals surface area (Å²) >= 11 is 5.00. The van der Waals surface area contributed by atoms with Crippen molar-refractivity contribution in [3.05, 3.63) is 92.6 Å². The van der Waals surface area contributed by atoms with Crippen LogP contribution in [0.3, 0.4) is 0 Å². The van der Waals surface area contributed by atoms with Gasteiger partial charge < -0.3 is 4.74 Å². The highest BCUT2D eigenvalue weighted by molar-refractivity contribution is 9.10. The number of anilines is 1. The SMILES string of the molecule is Cc1nc(NC(=O)C2=Cc3ccccc3OC=C2)sc1Cc1cccc(Br)c1. The Labute approximate surface area is 175 Å². The maximum Gasteiger partial charge on any atom is 0.257 e. The third-order valence-electron chi connectivity index (χ3n) is 4.30. The zero-order valence-corrected chi connectivity index (χ0v) is 17.5. The highest BCUT2D eigenvalue weighted by Crippen LogP contribution is 2.28. The Bertz CT molecular complexity index is 1100. The molecule has 0 unspecified atom stereocenters. The van der Waals surface area contributed by atoms with Gasteiger partial charge in [0.15, 0.2) is 5.13 Å². The third-order valence-corrected chi connectivity index (χ3v) is 5.87. The molecule has 4 nitrogen and oxygen atoms in total. The largest absolute Gasteiger partial charge is 0.464 e. The van der Waals surface area contributed by atoms with E-state index in [1.807, 2.05) is 49.4 Å². The molecule has 2 aromatic carbocycles. The van der Waals surface area contributed by atoms with Crippen LogP contribution < -0.4 is 10.1 Å². The lowest BCUT2D eigenvalue weighted by atomic mass is 10.1. The molecule has 140 valence electrons. The number of amides is 1. The number of carbonyl (C=O) groups is 1. The van der Waals surface area contributed by atoms with E-state index in [4.69, 9.17) is 4.74 Å². The highest BCUT2D eigenvalue weighted by atomic mass is 79.9. The van der Waals surface area contributed by atoms with E-state index in [9.17, 15) is 4.79 Å². The Kier molecular flexibility index (Phi) is 5.41. The van der Waals surface area contributed by atoms with Crippen molar-refractivity contribution in [1.29, 1.82) is 0 Å². The van der Waals surface area contributed by atoms with Crippen molar-refractivity contribution in [2.24, 2.45) is 0 Å². The molecule has 0 fully saturated rings. The molecule has 4 rings (SSSR count). The smallest absolute Gasteiger partial charge is 0.257 e. The van der Waals surface area contributed by atoms with Crippen LogP contribution in [0.2, 0.25) is 0 Å². The molecule has 0 saturated carbocycles. The standard InChI is InChI=1S/C22H17BrN2O2S/c1-14-20(12-15-5-4-7-18(23)11-15)28-22(24-14)25-21(26)17-9-10-27-19-8-3-2-6-16(19)13-17/h2-11,13H,12H2,1H3,(H,24,25,26). The van der Waals surface area contributed by atoms with Gasteiger partial charge in [-0.05, 0) is 42.8 Å². The van der Waals surface area contributed by atoms with Crippen molar-refractivity contribution in [3.8, 4) is 5.75 Å². The molecule has 3 aromatic rings. The number of carbonyl (C=O) groups excluding carboxylic acids is 1. The Balaban J connectivity index is 1.52. The summed E-state index contributed by atoms with van der Waals surface area (Å²) in [5, 5.41) is 3.51. The van der Waals surface area contributed by atoms with Gasteiger partial charge in [-0.2, -0.15) is 0 Å². The Hall–Kier alpha value is -2.70. The Morgan fingerprint density at radius 3 is 2.93 bits per heavy atom. The molecule has 0 atom stereocenters. The van der Waals surface area contributed by atoms with Crippen LogP contribution >= 0.6 is 27.3 Å². The molecule has 6 heteroatoms. The minimum Gasteiger partial charge on any atom is -0.464 e. The van der Waals surface area contributed by atoms with Gasteiger partial charge in [0.25, 0.3) is 5.91 Å². The second-order valence-electron chi connectivity index (χ2n) is 6.35. The summed E-state index contributed by atoms with van der Waals surface area (Å²) in [5.74, 6) is 0.516. The molecule has 1 aliphatic rings. The molecule has 1 aromatic heterocycles. The van der Waals surface area contributed by atoms with Crippen LogP contribution in [-0.4, -0.2) is 10.9 Å². The van der Waals surface area contributed by atoms with Crippen LogP contribution in [0.25, 0.3) is 6.08 Å². The first-order valence-electron chi connectivity index (χ1n) is 8.74. The summed E-state index contributed by atoms with van der Waals surface area (Å²) in [6.07, 6.45) is 5.79. The number of halogens is 1. The maximum absolute atomic E-state index is 12.7. The monoisotopic (exact) mass is 452 g/mol. The van der Waals surface area contributed by atoms with E-state index in [-0.39, 0.29) is 5.91 Å². The van der Waals surface area contributed by atoms with Crippen LogP contribution in [0.4, 0.5) is 5.13 Å². The van der Waals surface area contributed by atoms with Crippen molar-refractivity contribution in [2.45, 2.75) is 13.3 Å². The van der Waals surface area contributed by atoms with Gasteiger partial charge >= 0.3 is 0 Å². The minimum absolute atomic E-state index is 0.209. The first-order valence-corrected chi connectivity index (χ1v) is 10.4. The van der Waals surface area contributed by atoms with Crippen molar-refractivity contribution < 1.29 is 9.53 Å². The minimum atomic E-state index is -0.209. The van der Waals surface area contributed by atoms with E-state index in [0.717, 1.165) is 32.8 Å². The van der Waals surface area contributed by atoms with E-state index >= 15 is 0 Å². The molecule has 0 bridgehead atoms. The average molecular weight is 453 g/mol. The van der Waals surface area contributed by atoms with Crippen LogP contribution in [0, 0.1) is 6.92 Å². The number of para-hydroxylation sites is 1. The summed E-state index contributed by atoms with van der Waals surface area (Å²) in [5.41, 5.74) is 3.51. The number of benzene rings is 2. The molecule has 1 amide bonds. The van der Waals surface area contributed by atoms with Crippen molar-refractivity contribution in [1.82, 2.24) is 4.98 Å². The van der Waals surface area contributed by atoms with Crippen LogP contribution in [0.5, 0.6) is 5.75 Å². The van der Waals surface area contributed by atoms with Gasteiger partial charge in [-0.1, -0.05) is 46.3 Å². The van der Waals surface area contributed by atoms with Gasteiger partial charge in [-0.25, -0.2) is 4.98 Å². The first-order chi connectivity index (χ1) is 13.6. The quantitative estimate of drug-likeness (QED) is 0.549. The fraction of sp³-hybridized carbons (Fsp3) is 0.0909. The molecule has 0 radical (unpaired) electrons. The Morgan fingerprint density at radius 2 is 2.07 bits per heavy atom. The number of aromatic nitrogens is 1. The molecular formula is C22H17BrN2O2S. The van der Waals surface area contributed by atoms with Crippen LogP contribution in [0.15, 0.2) is 70.9 Å². The number of aryl methyl sites for hydroxylation is 1. The van der Waals surface area contributed by atoms with E-state index in [1.54, 1.807) is 6.08 Å². The molecule has 0 spiro atoms. The summed E-state index contributed by atoms with van der Waals surface area (Å²) in [7, 11) is 0. The van der Waals surface area contributed by atoms with Crippen molar-refractivity contribution >= 4 is 44.4 Å². The summed E-state index contributed by atoms with van der Waals surface area (Å²) in [4.78, 5) is 18.4. The molecule has 28 heavy (non-hydrogen) atoms. The zero-order chi connectivity index (χ0) is 19.5. The lowest BCUT2D eigenvalue weighted by Gasteiger charge is -2.03. The van der Waals surface area contributed by atoms with Crippen LogP contribution in [0.1, 0.15) is 21.7 Å². The number of thiazole rings is 1. The summed E-state index contributed by atoms with van der Waals surface area (Å²) < 4.78 is 6.60. The van der Waals surface area contributed by atoms with Crippen LogP contribution in [-0.2, 0) is 11.2 Å². The number of nitrogens with zero attached hydrogens (tertiary/aromatic N) is 1. The second-order valence-corrected chi connectivity index (χ2v) is 8.35. The van der Waals surface area contributed by atoms with Gasteiger partial charge in [-0.3, -0.25) is 10.1 Å². The van der Waals surface area contributed by atoms with Gasteiger partial charge in [0.2, 0.25) is 0 Å².